The molecule has 9 nitrogen and oxygen atoms in total. The quantitative estimate of drug-likeness (QED) is 0.288. The van der Waals surface area contributed by atoms with Crippen LogP contribution in [-0.2, 0) is 11.3 Å². The number of amides is 1. The Morgan fingerprint density at radius 1 is 1.00 bits per heavy atom. The Balaban J connectivity index is 1.16. The Kier molecular flexibility index (Phi) is 6.70. The number of benzene rings is 1. The fourth-order valence-corrected chi connectivity index (χ4v) is 6.38. The van der Waals surface area contributed by atoms with Gasteiger partial charge in [-0.1, -0.05) is 18.7 Å². The van der Waals surface area contributed by atoms with Gasteiger partial charge in [-0.05, 0) is 72.4 Å². The molecule has 2 aliphatic rings. The highest BCUT2D eigenvalue weighted by atomic mass is 19.1. The standard InChI is InChI=1S/C33H31FN8O/c1-2-30(43)41-14-11-33(12-15-41)20-40(21-33)19-22-5-8-24(9-6-22)42-29(25-4-3-13-36-31(25)35)16-27-32(42)39-28(18-38-27)26-10-7-23(34)17-37-26/h2-10,13,16-18H,1,11-12,14-15,19-21H2,(H2,35,36). The fraction of sp³-hybridized carbons (Fsp3) is 0.242. The minimum Gasteiger partial charge on any atom is -0.383 e. The average Bonchev–Trinajstić information content (AvgIpc) is 3.40. The first-order chi connectivity index (χ1) is 20.9. The number of nitrogens with two attached hydrogens (primary N) is 1. The molecule has 0 atom stereocenters. The summed E-state index contributed by atoms with van der Waals surface area (Å²) >= 11 is 0. The lowest BCUT2D eigenvalue weighted by Gasteiger charge is -2.54. The van der Waals surface area contributed by atoms with Crippen LogP contribution in [0.3, 0.4) is 0 Å². The van der Waals surface area contributed by atoms with E-state index in [9.17, 15) is 9.18 Å². The predicted molar refractivity (Wildman–Crippen MR) is 163 cm³/mol. The van der Waals surface area contributed by atoms with Gasteiger partial charge in [-0.3, -0.25) is 24.2 Å². The number of carbonyl (C=O) groups is 1. The largest absolute Gasteiger partial charge is 0.383 e. The summed E-state index contributed by atoms with van der Waals surface area (Å²) in [5.74, 6) is 0.0367. The lowest BCUT2D eigenvalue weighted by molar-refractivity contribution is -0.131. The number of carbonyl (C=O) groups excluding carboxylic acids is 1. The number of nitrogen functional groups attached to an aromatic ring is 1. The van der Waals surface area contributed by atoms with Crippen LogP contribution in [0.2, 0.25) is 0 Å². The van der Waals surface area contributed by atoms with E-state index in [0.29, 0.717) is 33.8 Å². The monoisotopic (exact) mass is 574 g/mol. The third-order valence-electron chi connectivity index (χ3n) is 8.64. The first-order valence-electron chi connectivity index (χ1n) is 14.4. The smallest absolute Gasteiger partial charge is 0.245 e. The Hall–Kier alpha value is -4.96. The molecule has 2 saturated heterocycles. The van der Waals surface area contributed by atoms with E-state index in [1.54, 1.807) is 18.5 Å². The van der Waals surface area contributed by atoms with E-state index in [1.807, 2.05) is 27.7 Å². The second-order valence-electron chi connectivity index (χ2n) is 11.5. The number of halogens is 1. The minimum absolute atomic E-state index is 0.0327. The Morgan fingerprint density at radius 2 is 1.79 bits per heavy atom. The molecule has 1 amide bonds. The van der Waals surface area contributed by atoms with Crippen molar-refractivity contribution in [3.05, 3.63) is 97.2 Å². The molecule has 10 heteroatoms. The molecule has 6 heterocycles. The molecule has 0 saturated carbocycles. The molecule has 2 aliphatic heterocycles. The third-order valence-corrected chi connectivity index (χ3v) is 8.64. The van der Waals surface area contributed by atoms with Crippen molar-refractivity contribution in [1.82, 2.24) is 34.3 Å². The van der Waals surface area contributed by atoms with Crippen molar-refractivity contribution >= 4 is 22.9 Å². The molecular formula is C33H31FN8O. The number of rotatable bonds is 6. The van der Waals surface area contributed by atoms with Crippen molar-refractivity contribution in [2.24, 2.45) is 5.41 Å². The maximum absolute atomic E-state index is 13.5. The second-order valence-corrected chi connectivity index (χ2v) is 11.5. The van der Waals surface area contributed by atoms with E-state index in [0.717, 1.165) is 62.5 Å². The van der Waals surface area contributed by atoms with Crippen molar-refractivity contribution in [3.8, 4) is 28.3 Å². The van der Waals surface area contributed by atoms with Crippen molar-refractivity contribution in [2.75, 3.05) is 31.9 Å². The van der Waals surface area contributed by atoms with E-state index in [4.69, 9.17) is 10.7 Å². The number of nitrogens with zero attached hydrogens (tertiary/aromatic N) is 7. The van der Waals surface area contributed by atoms with Crippen LogP contribution < -0.4 is 5.73 Å². The third kappa shape index (κ3) is 5.03. The number of anilines is 1. The van der Waals surface area contributed by atoms with Crippen LogP contribution in [0.4, 0.5) is 10.2 Å². The van der Waals surface area contributed by atoms with Crippen LogP contribution in [0.15, 0.2) is 85.8 Å². The number of piperidine rings is 1. The highest BCUT2D eigenvalue weighted by Gasteiger charge is 2.44. The van der Waals surface area contributed by atoms with Crippen molar-refractivity contribution in [2.45, 2.75) is 19.4 Å². The molecule has 43 heavy (non-hydrogen) atoms. The number of hydrogen-bond acceptors (Lipinski definition) is 7. The van der Waals surface area contributed by atoms with E-state index in [-0.39, 0.29) is 5.91 Å². The summed E-state index contributed by atoms with van der Waals surface area (Å²) in [4.78, 5) is 34.4. The summed E-state index contributed by atoms with van der Waals surface area (Å²) < 4.78 is 15.5. The summed E-state index contributed by atoms with van der Waals surface area (Å²) in [5.41, 5.74) is 12.8. The van der Waals surface area contributed by atoms with Crippen LogP contribution >= 0.6 is 0 Å². The van der Waals surface area contributed by atoms with E-state index in [1.165, 1.54) is 23.9 Å². The van der Waals surface area contributed by atoms with E-state index >= 15 is 0 Å². The van der Waals surface area contributed by atoms with Crippen LogP contribution in [0.1, 0.15) is 18.4 Å². The zero-order valence-electron chi connectivity index (χ0n) is 23.7. The summed E-state index contributed by atoms with van der Waals surface area (Å²) in [7, 11) is 0. The molecule has 0 bridgehead atoms. The van der Waals surface area contributed by atoms with Crippen LogP contribution in [-0.4, -0.2) is 66.4 Å². The maximum Gasteiger partial charge on any atom is 0.245 e. The summed E-state index contributed by atoms with van der Waals surface area (Å²) in [6.45, 7) is 8.20. The Bertz CT molecular complexity index is 1820. The molecule has 0 unspecified atom stereocenters. The Morgan fingerprint density at radius 3 is 2.49 bits per heavy atom. The van der Waals surface area contributed by atoms with Gasteiger partial charge in [0, 0.05) is 50.2 Å². The molecule has 0 aliphatic carbocycles. The zero-order valence-corrected chi connectivity index (χ0v) is 23.7. The van der Waals surface area contributed by atoms with Crippen molar-refractivity contribution < 1.29 is 9.18 Å². The second kappa shape index (κ2) is 10.7. The average molecular weight is 575 g/mol. The molecule has 2 N–H and O–H groups in total. The van der Waals surface area contributed by atoms with E-state index < -0.39 is 5.82 Å². The van der Waals surface area contributed by atoms with Gasteiger partial charge in [0.05, 0.1) is 23.8 Å². The lowest BCUT2D eigenvalue weighted by Crippen LogP contribution is -2.60. The van der Waals surface area contributed by atoms with Gasteiger partial charge in [0.25, 0.3) is 0 Å². The van der Waals surface area contributed by atoms with Gasteiger partial charge in [0.2, 0.25) is 5.91 Å². The molecule has 2 fully saturated rings. The van der Waals surface area contributed by atoms with Gasteiger partial charge in [-0.25, -0.2) is 14.4 Å². The van der Waals surface area contributed by atoms with E-state index in [2.05, 4.69) is 50.7 Å². The van der Waals surface area contributed by atoms with Crippen LogP contribution in [0.5, 0.6) is 0 Å². The van der Waals surface area contributed by atoms with Crippen LogP contribution in [0, 0.1) is 11.2 Å². The lowest BCUT2D eigenvalue weighted by atomic mass is 9.72. The predicted octanol–water partition coefficient (Wildman–Crippen LogP) is 4.88. The van der Waals surface area contributed by atoms with Gasteiger partial charge in [-0.2, -0.15) is 0 Å². The molecular weight excluding hydrogens is 543 g/mol. The first-order valence-corrected chi connectivity index (χ1v) is 14.4. The van der Waals surface area contributed by atoms with Crippen LogP contribution in [0.25, 0.3) is 39.5 Å². The maximum atomic E-state index is 13.5. The van der Waals surface area contributed by atoms with Gasteiger partial charge >= 0.3 is 0 Å². The molecule has 7 rings (SSSR count). The molecule has 0 radical (unpaired) electrons. The van der Waals surface area contributed by atoms with Crippen molar-refractivity contribution in [1.29, 1.82) is 0 Å². The number of aromatic nitrogens is 5. The fourth-order valence-electron chi connectivity index (χ4n) is 6.38. The summed E-state index contributed by atoms with van der Waals surface area (Å²) in [6, 6.07) is 17.2. The van der Waals surface area contributed by atoms with Gasteiger partial charge in [0.15, 0.2) is 5.65 Å². The Labute approximate surface area is 248 Å². The minimum atomic E-state index is -0.408. The topological polar surface area (TPSA) is 106 Å². The summed E-state index contributed by atoms with van der Waals surface area (Å²) in [5, 5.41) is 0. The normalized spacial score (nSPS) is 16.3. The highest BCUT2D eigenvalue weighted by Crippen LogP contribution is 2.41. The number of pyridine rings is 2. The highest BCUT2D eigenvalue weighted by molar-refractivity contribution is 5.88. The SMILES string of the molecule is C=CC(=O)N1CCC2(CC1)CN(Cc1ccc(-n3c(-c4cccnc4N)cc4ncc(-c5ccc(F)cn5)nc43)cc1)C2. The molecule has 4 aromatic heterocycles. The van der Waals surface area contributed by atoms with Gasteiger partial charge < -0.3 is 10.6 Å². The molecule has 1 spiro atoms. The molecule has 216 valence electrons. The number of fused-ring (bicyclic) bond motifs is 1. The zero-order chi connectivity index (χ0) is 29.6. The molecule has 5 aromatic rings. The van der Waals surface area contributed by atoms with Crippen molar-refractivity contribution in [3.63, 3.8) is 0 Å². The first kappa shape index (κ1) is 26.9. The van der Waals surface area contributed by atoms with Gasteiger partial charge in [0.1, 0.15) is 22.8 Å². The molecule has 1 aromatic carbocycles. The van der Waals surface area contributed by atoms with Gasteiger partial charge in [-0.15, -0.1) is 0 Å². The number of likely N-dealkylation sites (tertiary alicyclic amines) is 2. The summed E-state index contributed by atoms with van der Waals surface area (Å²) in [6.07, 6.45) is 7.98. The number of hydrogen-bond donors (Lipinski definition) is 1.